The third-order valence-corrected chi connectivity index (χ3v) is 3.19. The van der Waals surface area contributed by atoms with E-state index in [1.54, 1.807) is 5.57 Å². The summed E-state index contributed by atoms with van der Waals surface area (Å²) in [4.78, 5) is 0. The van der Waals surface area contributed by atoms with E-state index in [4.69, 9.17) is 0 Å². The van der Waals surface area contributed by atoms with E-state index in [-0.39, 0.29) is 0 Å². The molecule has 0 radical (unpaired) electrons. The fraction of sp³-hybridized carbons (Fsp3) is 0.600. The van der Waals surface area contributed by atoms with Gasteiger partial charge in [0.2, 0.25) is 0 Å². The summed E-state index contributed by atoms with van der Waals surface area (Å²) in [6.45, 7) is 0. The molecule has 0 aromatic heterocycles. The summed E-state index contributed by atoms with van der Waals surface area (Å²) >= 11 is 0. The van der Waals surface area contributed by atoms with Gasteiger partial charge in [-0.25, -0.2) is 0 Å². The summed E-state index contributed by atoms with van der Waals surface area (Å²) < 4.78 is 0. The Morgan fingerprint density at radius 1 is 1.20 bits per heavy atom. The highest BCUT2D eigenvalue weighted by Gasteiger charge is 2.39. The summed E-state index contributed by atoms with van der Waals surface area (Å²) in [6, 6.07) is 0. The monoisotopic (exact) mass is 132 g/mol. The van der Waals surface area contributed by atoms with Crippen molar-refractivity contribution in [3.8, 4) is 0 Å². The lowest BCUT2D eigenvalue weighted by Gasteiger charge is -2.15. The SMILES string of the molecule is C1=CC2=C3CC3CCC2C1. The molecule has 3 aliphatic carbocycles. The number of allylic oxidation sites excluding steroid dienone is 4. The first-order valence-electron chi connectivity index (χ1n) is 4.34. The van der Waals surface area contributed by atoms with E-state index in [9.17, 15) is 0 Å². The van der Waals surface area contributed by atoms with Crippen LogP contribution < -0.4 is 0 Å². The summed E-state index contributed by atoms with van der Waals surface area (Å²) in [5.74, 6) is 1.99. The maximum absolute atomic E-state index is 2.37. The molecule has 0 heterocycles. The largest absolute Gasteiger partial charge is 0.0836 e. The van der Waals surface area contributed by atoms with Crippen molar-refractivity contribution < 1.29 is 0 Å². The summed E-state index contributed by atoms with van der Waals surface area (Å²) in [7, 11) is 0. The molecule has 2 unspecified atom stereocenters. The molecule has 0 bridgehead atoms. The van der Waals surface area contributed by atoms with Crippen molar-refractivity contribution >= 4 is 0 Å². The van der Waals surface area contributed by atoms with Crippen LogP contribution in [0.3, 0.4) is 0 Å². The van der Waals surface area contributed by atoms with Gasteiger partial charge >= 0.3 is 0 Å². The predicted molar refractivity (Wildman–Crippen MR) is 41.6 cm³/mol. The van der Waals surface area contributed by atoms with Gasteiger partial charge in [0, 0.05) is 0 Å². The average Bonchev–Trinajstić information content (AvgIpc) is 2.60. The van der Waals surface area contributed by atoms with Gasteiger partial charge in [0.25, 0.3) is 0 Å². The fourth-order valence-electron chi connectivity index (χ4n) is 2.50. The van der Waals surface area contributed by atoms with Crippen LogP contribution in [0.5, 0.6) is 0 Å². The Morgan fingerprint density at radius 3 is 3.10 bits per heavy atom. The molecule has 0 spiro atoms. The normalized spacial score (nSPS) is 41.6. The second-order valence-corrected chi connectivity index (χ2v) is 3.79. The molecule has 52 valence electrons. The molecular formula is C10H12. The third kappa shape index (κ3) is 0.524. The van der Waals surface area contributed by atoms with Crippen molar-refractivity contribution in [2.75, 3.05) is 0 Å². The van der Waals surface area contributed by atoms with Gasteiger partial charge in [0.15, 0.2) is 0 Å². The topological polar surface area (TPSA) is 0 Å². The zero-order valence-electron chi connectivity index (χ0n) is 6.14. The average molecular weight is 132 g/mol. The van der Waals surface area contributed by atoms with Crippen molar-refractivity contribution in [1.82, 2.24) is 0 Å². The molecule has 3 rings (SSSR count). The van der Waals surface area contributed by atoms with Crippen molar-refractivity contribution in [3.63, 3.8) is 0 Å². The lowest BCUT2D eigenvalue weighted by Crippen LogP contribution is -2.02. The van der Waals surface area contributed by atoms with E-state index in [0.29, 0.717) is 0 Å². The Labute approximate surface area is 61.6 Å². The molecule has 0 aromatic rings. The molecule has 3 aliphatic rings. The third-order valence-electron chi connectivity index (χ3n) is 3.19. The van der Waals surface area contributed by atoms with E-state index in [1.807, 2.05) is 5.57 Å². The summed E-state index contributed by atoms with van der Waals surface area (Å²) in [5.41, 5.74) is 3.54. The van der Waals surface area contributed by atoms with Crippen LogP contribution in [0.1, 0.15) is 25.7 Å². The van der Waals surface area contributed by atoms with Crippen LogP contribution in [0.25, 0.3) is 0 Å². The highest BCUT2D eigenvalue weighted by molar-refractivity contribution is 5.43. The molecule has 0 aliphatic heterocycles. The van der Waals surface area contributed by atoms with Crippen LogP contribution in [0.15, 0.2) is 23.3 Å². The van der Waals surface area contributed by atoms with E-state index in [1.165, 1.54) is 25.7 Å². The maximum atomic E-state index is 2.37. The van der Waals surface area contributed by atoms with Crippen LogP contribution in [0.2, 0.25) is 0 Å². The Balaban J connectivity index is 2.09. The molecule has 1 fully saturated rings. The van der Waals surface area contributed by atoms with Gasteiger partial charge in [0.1, 0.15) is 0 Å². The predicted octanol–water partition coefficient (Wildman–Crippen LogP) is 2.67. The van der Waals surface area contributed by atoms with Crippen molar-refractivity contribution in [3.05, 3.63) is 23.3 Å². The van der Waals surface area contributed by atoms with Crippen LogP contribution in [-0.2, 0) is 0 Å². The minimum Gasteiger partial charge on any atom is -0.0836 e. The van der Waals surface area contributed by atoms with Gasteiger partial charge in [-0.15, -0.1) is 0 Å². The van der Waals surface area contributed by atoms with Crippen LogP contribution >= 0.6 is 0 Å². The zero-order valence-corrected chi connectivity index (χ0v) is 6.14. The summed E-state index contributed by atoms with van der Waals surface area (Å²) in [5, 5.41) is 0. The zero-order chi connectivity index (χ0) is 6.55. The maximum Gasteiger partial charge on any atom is -0.0128 e. The van der Waals surface area contributed by atoms with E-state index < -0.39 is 0 Å². The molecule has 2 atom stereocenters. The Kier molecular flexibility index (Phi) is 0.803. The number of fused-ring (bicyclic) bond motifs is 2. The Bertz CT molecular complexity index is 232. The molecular weight excluding hydrogens is 120 g/mol. The first-order chi connectivity index (χ1) is 4.95. The van der Waals surface area contributed by atoms with Crippen molar-refractivity contribution in [1.29, 1.82) is 0 Å². The quantitative estimate of drug-likeness (QED) is 0.475. The lowest BCUT2D eigenvalue weighted by molar-refractivity contribution is 0.522. The van der Waals surface area contributed by atoms with Gasteiger partial charge in [0.05, 0.1) is 0 Å². The second kappa shape index (κ2) is 1.55. The van der Waals surface area contributed by atoms with Crippen molar-refractivity contribution in [2.45, 2.75) is 25.7 Å². The number of hydrogen-bond acceptors (Lipinski definition) is 0. The minimum atomic E-state index is 0.953. The van der Waals surface area contributed by atoms with Gasteiger partial charge in [-0.3, -0.25) is 0 Å². The standard InChI is InChI=1S/C10H12/c1-2-7-4-5-8-6-10(8)9(7)3-1/h1,3,7-8H,2,4-6H2. The van der Waals surface area contributed by atoms with Gasteiger partial charge in [-0.05, 0) is 43.1 Å². The van der Waals surface area contributed by atoms with Gasteiger partial charge < -0.3 is 0 Å². The lowest BCUT2D eigenvalue weighted by atomic mass is 9.90. The Morgan fingerprint density at radius 2 is 2.10 bits per heavy atom. The van der Waals surface area contributed by atoms with Crippen molar-refractivity contribution in [2.24, 2.45) is 11.8 Å². The first-order valence-corrected chi connectivity index (χ1v) is 4.34. The molecule has 0 heteroatoms. The van der Waals surface area contributed by atoms with Crippen LogP contribution in [0.4, 0.5) is 0 Å². The summed E-state index contributed by atoms with van der Waals surface area (Å²) in [6.07, 6.45) is 10.5. The molecule has 0 N–H and O–H groups in total. The second-order valence-electron chi connectivity index (χ2n) is 3.79. The molecule has 0 amide bonds. The molecule has 1 saturated carbocycles. The molecule has 0 nitrogen and oxygen atoms in total. The smallest absolute Gasteiger partial charge is 0.0128 e. The van der Waals surface area contributed by atoms with E-state index in [2.05, 4.69) is 12.2 Å². The van der Waals surface area contributed by atoms with Crippen LogP contribution in [0, 0.1) is 11.8 Å². The fourth-order valence-corrected chi connectivity index (χ4v) is 2.50. The van der Waals surface area contributed by atoms with Crippen LogP contribution in [-0.4, -0.2) is 0 Å². The Hall–Kier alpha value is -0.520. The first kappa shape index (κ1) is 5.17. The number of hydrogen-bond donors (Lipinski definition) is 0. The highest BCUT2D eigenvalue weighted by atomic mass is 14.4. The van der Waals surface area contributed by atoms with Gasteiger partial charge in [-0.2, -0.15) is 0 Å². The number of rotatable bonds is 0. The van der Waals surface area contributed by atoms with Gasteiger partial charge in [-0.1, -0.05) is 17.7 Å². The minimum absolute atomic E-state index is 0.953. The van der Waals surface area contributed by atoms with E-state index >= 15 is 0 Å². The molecule has 10 heavy (non-hydrogen) atoms. The molecule has 0 aromatic carbocycles. The highest BCUT2D eigenvalue weighted by Crippen LogP contribution is 2.53. The molecule has 0 saturated heterocycles. The van der Waals surface area contributed by atoms with E-state index in [0.717, 1.165) is 11.8 Å².